The zero-order valence-corrected chi connectivity index (χ0v) is 8.83. The lowest BCUT2D eigenvalue weighted by Gasteiger charge is -2.16. The van der Waals surface area contributed by atoms with Gasteiger partial charge in [0.15, 0.2) is 0 Å². The van der Waals surface area contributed by atoms with Gasteiger partial charge in [0.25, 0.3) is 0 Å². The fourth-order valence-electron chi connectivity index (χ4n) is 1.58. The van der Waals surface area contributed by atoms with Crippen molar-refractivity contribution in [1.82, 2.24) is 0 Å². The smallest absolute Gasteiger partial charge is 0.121 e. The maximum atomic E-state index is 9.66. The monoisotopic (exact) mass is 195 g/mol. The lowest BCUT2D eigenvalue weighted by Crippen LogP contribution is -2.16. The summed E-state index contributed by atoms with van der Waals surface area (Å²) in [6.45, 7) is 5.50. The third-order valence-electron chi connectivity index (χ3n) is 2.69. The molecule has 4 N–H and O–H groups in total. The fraction of sp³-hybridized carbons (Fsp3) is 0.455. The van der Waals surface area contributed by atoms with Gasteiger partial charge in [0.05, 0.1) is 12.6 Å². The van der Waals surface area contributed by atoms with Crippen LogP contribution in [0.5, 0.6) is 5.75 Å². The molecular formula is C11H17NO2. The van der Waals surface area contributed by atoms with Crippen LogP contribution in [0.1, 0.15) is 28.3 Å². The second-order valence-electron chi connectivity index (χ2n) is 3.67. The highest BCUT2D eigenvalue weighted by atomic mass is 16.3. The number of hydrogen-bond donors (Lipinski definition) is 3. The van der Waals surface area contributed by atoms with Gasteiger partial charge >= 0.3 is 0 Å². The van der Waals surface area contributed by atoms with Crippen LogP contribution in [-0.2, 0) is 0 Å². The first-order valence-corrected chi connectivity index (χ1v) is 4.65. The second kappa shape index (κ2) is 3.98. The first kappa shape index (κ1) is 11.0. The van der Waals surface area contributed by atoms with Crippen molar-refractivity contribution in [2.24, 2.45) is 5.73 Å². The molecule has 0 amide bonds. The molecule has 1 aromatic rings. The summed E-state index contributed by atoms with van der Waals surface area (Å²) in [6.07, 6.45) is 0. The molecule has 0 aliphatic rings. The van der Waals surface area contributed by atoms with Crippen molar-refractivity contribution in [1.29, 1.82) is 0 Å². The van der Waals surface area contributed by atoms with E-state index >= 15 is 0 Å². The van der Waals surface area contributed by atoms with E-state index in [4.69, 9.17) is 10.8 Å². The van der Waals surface area contributed by atoms with Crippen molar-refractivity contribution < 1.29 is 10.2 Å². The van der Waals surface area contributed by atoms with Gasteiger partial charge in [-0.05, 0) is 43.0 Å². The summed E-state index contributed by atoms with van der Waals surface area (Å²) in [6, 6.07) is 1.46. The molecule has 0 aliphatic carbocycles. The van der Waals surface area contributed by atoms with Crippen molar-refractivity contribution in [2.45, 2.75) is 26.8 Å². The molecule has 0 heterocycles. The molecular weight excluding hydrogens is 178 g/mol. The highest BCUT2D eigenvalue weighted by molar-refractivity contribution is 5.49. The largest absolute Gasteiger partial charge is 0.507 e. The predicted molar refractivity (Wildman–Crippen MR) is 56.3 cm³/mol. The molecule has 0 saturated carbocycles. The van der Waals surface area contributed by atoms with Crippen LogP contribution in [0.25, 0.3) is 0 Å². The minimum absolute atomic E-state index is 0.0789. The SMILES string of the molecule is Cc1cc(C(N)CO)c(C)c(C)c1O. The molecule has 0 radical (unpaired) electrons. The molecule has 1 unspecified atom stereocenters. The van der Waals surface area contributed by atoms with Gasteiger partial charge in [0.2, 0.25) is 0 Å². The van der Waals surface area contributed by atoms with E-state index in [1.807, 2.05) is 26.8 Å². The molecule has 14 heavy (non-hydrogen) atoms. The van der Waals surface area contributed by atoms with E-state index in [2.05, 4.69) is 0 Å². The van der Waals surface area contributed by atoms with E-state index in [0.29, 0.717) is 5.75 Å². The van der Waals surface area contributed by atoms with Crippen LogP contribution < -0.4 is 5.73 Å². The van der Waals surface area contributed by atoms with E-state index in [1.54, 1.807) is 0 Å². The summed E-state index contributed by atoms with van der Waals surface area (Å²) in [4.78, 5) is 0. The van der Waals surface area contributed by atoms with Gasteiger partial charge in [0, 0.05) is 0 Å². The van der Waals surface area contributed by atoms with Crippen molar-refractivity contribution in [2.75, 3.05) is 6.61 Å². The molecule has 0 spiro atoms. The van der Waals surface area contributed by atoms with Crippen LogP contribution in [0.4, 0.5) is 0 Å². The van der Waals surface area contributed by atoms with Crippen LogP contribution in [0, 0.1) is 20.8 Å². The van der Waals surface area contributed by atoms with Gasteiger partial charge in [-0.2, -0.15) is 0 Å². The molecule has 1 rings (SSSR count). The summed E-state index contributed by atoms with van der Waals surface area (Å²) in [5.74, 6) is 0.316. The van der Waals surface area contributed by atoms with Gasteiger partial charge < -0.3 is 15.9 Å². The van der Waals surface area contributed by atoms with Crippen molar-refractivity contribution in [3.8, 4) is 5.75 Å². The molecule has 0 fully saturated rings. The summed E-state index contributed by atoms with van der Waals surface area (Å²) < 4.78 is 0. The number of phenolic OH excluding ortho intramolecular Hbond substituents is 1. The van der Waals surface area contributed by atoms with E-state index in [9.17, 15) is 5.11 Å². The van der Waals surface area contributed by atoms with Crippen LogP contribution in [0.2, 0.25) is 0 Å². The Morgan fingerprint density at radius 2 is 1.86 bits per heavy atom. The lowest BCUT2D eigenvalue weighted by molar-refractivity contribution is 0.267. The first-order chi connectivity index (χ1) is 6.49. The van der Waals surface area contributed by atoms with Gasteiger partial charge in [0.1, 0.15) is 5.75 Å². The summed E-state index contributed by atoms with van der Waals surface area (Å²) in [5.41, 5.74) is 9.24. The zero-order chi connectivity index (χ0) is 10.9. The summed E-state index contributed by atoms with van der Waals surface area (Å²) in [5, 5.41) is 18.6. The second-order valence-corrected chi connectivity index (χ2v) is 3.67. The third kappa shape index (κ3) is 1.74. The molecule has 0 aliphatic heterocycles. The number of aliphatic hydroxyl groups is 1. The fourth-order valence-corrected chi connectivity index (χ4v) is 1.58. The van der Waals surface area contributed by atoms with Gasteiger partial charge in [-0.25, -0.2) is 0 Å². The minimum Gasteiger partial charge on any atom is -0.507 e. The normalized spacial score (nSPS) is 12.9. The Hall–Kier alpha value is -1.06. The Morgan fingerprint density at radius 3 is 2.36 bits per heavy atom. The number of nitrogens with two attached hydrogens (primary N) is 1. The molecule has 78 valence electrons. The van der Waals surface area contributed by atoms with Crippen LogP contribution in [0.15, 0.2) is 6.07 Å². The van der Waals surface area contributed by atoms with Crippen LogP contribution in [0.3, 0.4) is 0 Å². The van der Waals surface area contributed by atoms with Gasteiger partial charge in [-0.15, -0.1) is 0 Å². The van der Waals surface area contributed by atoms with Gasteiger partial charge in [-0.1, -0.05) is 6.07 Å². The Labute approximate surface area is 84.2 Å². The van der Waals surface area contributed by atoms with Crippen LogP contribution >= 0.6 is 0 Å². The Morgan fingerprint density at radius 1 is 1.29 bits per heavy atom. The molecule has 3 heteroatoms. The number of aliphatic hydroxyl groups excluding tert-OH is 1. The first-order valence-electron chi connectivity index (χ1n) is 4.65. The molecule has 3 nitrogen and oxygen atoms in total. The lowest BCUT2D eigenvalue weighted by atomic mass is 9.94. The quantitative estimate of drug-likeness (QED) is 0.666. The average molecular weight is 195 g/mol. The van der Waals surface area contributed by atoms with E-state index in [0.717, 1.165) is 22.3 Å². The molecule has 0 saturated heterocycles. The van der Waals surface area contributed by atoms with Crippen molar-refractivity contribution in [3.63, 3.8) is 0 Å². The minimum atomic E-state index is -0.368. The zero-order valence-electron chi connectivity index (χ0n) is 8.83. The Balaban J connectivity index is 3.33. The van der Waals surface area contributed by atoms with E-state index in [1.165, 1.54) is 0 Å². The Bertz CT molecular complexity index is 348. The number of hydrogen-bond acceptors (Lipinski definition) is 3. The number of aryl methyl sites for hydroxylation is 1. The maximum Gasteiger partial charge on any atom is 0.121 e. The number of benzene rings is 1. The molecule has 1 aromatic carbocycles. The molecule has 1 atom stereocenters. The number of phenols is 1. The Kier molecular flexibility index (Phi) is 3.13. The third-order valence-corrected chi connectivity index (χ3v) is 2.69. The average Bonchev–Trinajstić information content (AvgIpc) is 2.19. The van der Waals surface area contributed by atoms with Crippen LogP contribution in [-0.4, -0.2) is 16.8 Å². The van der Waals surface area contributed by atoms with E-state index < -0.39 is 0 Å². The van der Waals surface area contributed by atoms with Crippen molar-refractivity contribution in [3.05, 3.63) is 28.3 Å². The maximum absolute atomic E-state index is 9.66. The number of aromatic hydroxyl groups is 1. The summed E-state index contributed by atoms with van der Waals surface area (Å²) >= 11 is 0. The highest BCUT2D eigenvalue weighted by Gasteiger charge is 2.13. The highest BCUT2D eigenvalue weighted by Crippen LogP contribution is 2.29. The summed E-state index contributed by atoms with van der Waals surface area (Å²) in [7, 11) is 0. The number of rotatable bonds is 2. The molecule has 0 aromatic heterocycles. The van der Waals surface area contributed by atoms with Crippen molar-refractivity contribution >= 4 is 0 Å². The van der Waals surface area contributed by atoms with E-state index in [-0.39, 0.29) is 12.6 Å². The standard InChI is InChI=1S/C11H17NO2/c1-6-4-9(10(12)5-13)7(2)8(3)11(6)14/h4,10,13-14H,5,12H2,1-3H3. The predicted octanol–water partition coefficient (Wildman–Crippen LogP) is 1.31. The van der Waals surface area contributed by atoms with Gasteiger partial charge in [-0.3, -0.25) is 0 Å². The topological polar surface area (TPSA) is 66.5 Å². The molecule has 0 bridgehead atoms.